The number of hydrogen-bond acceptors (Lipinski definition) is 3. The van der Waals surface area contributed by atoms with Crippen LogP contribution in [0, 0.1) is 0 Å². The van der Waals surface area contributed by atoms with Gasteiger partial charge in [0.2, 0.25) is 5.91 Å². The number of H-pyrrole nitrogens is 1. The zero-order valence-corrected chi connectivity index (χ0v) is 10.4. The summed E-state index contributed by atoms with van der Waals surface area (Å²) in [7, 11) is 0. The Morgan fingerprint density at radius 3 is 2.89 bits per heavy atom. The van der Waals surface area contributed by atoms with Crippen molar-refractivity contribution in [3.63, 3.8) is 0 Å². The predicted molar refractivity (Wildman–Crippen MR) is 71.6 cm³/mol. The number of imide groups is 1. The van der Waals surface area contributed by atoms with E-state index < -0.39 is 0 Å². The number of para-hydroxylation sites is 1. The average molecular weight is 257 g/mol. The third-order valence-electron chi connectivity index (χ3n) is 3.47. The van der Waals surface area contributed by atoms with E-state index in [0.717, 1.165) is 10.9 Å². The van der Waals surface area contributed by atoms with Crippen molar-refractivity contribution in [2.45, 2.75) is 18.9 Å². The van der Waals surface area contributed by atoms with Crippen molar-refractivity contribution >= 4 is 22.7 Å². The van der Waals surface area contributed by atoms with Gasteiger partial charge in [-0.15, -0.1) is 0 Å². The monoisotopic (exact) mass is 257 g/mol. The van der Waals surface area contributed by atoms with Crippen LogP contribution < -0.4 is 5.73 Å². The normalized spacial score (nSPS) is 19.9. The molecule has 0 bridgehead atoms. The van der Waals surface area contributed by atoms with Crippen LogP contribution in [-0.4, -0.2) is 34.3 Å². The van der Waals surface area contributed by atoms with Crippen molar-refractivity contribution in [2.75, 3.05) is 6.54 Å². The number of amides is 2. The summed E-state index contributed by atoms with van der Waals surface area (Å²) in [4.78, 5) is 28.5. The number of likely N-dealkylation sites (tertiary alicyclic amines) is 1. The molecule has 1 fully saturated rings. The number of hydrogen-bond donors (Lipinski definition) is 2. The number of carbonyl (C=O) groups is 2. The molecule has 98 valence electrons. The first-order chi connectivity index (χ1) is 9.15. The van der Waals surface area contributed by atoms with Gasteiger partial charge in [0.05, 0.1) is 0 Å². The molecule has 1 atom stereocenters. The number of fused-ring (bicyclic) bond motifs is 1. The van der Waals surface area contributed by atoms with Crippen LogP contribution in [0.1, 0.15) is 23.3 Å². The minimum absolute atomic E-state index is 0.126. The Balaban J connectivity index is 1.89. The lowest BCUT2D eigenvalue weighted by Gasteiger charge is -2.27. The highest BCUT2D eigenvalue weighted by molar-refractivity contribution is 6.06. The third-order valence-corrected chi connectivity index (χ3v) is 3.47. The van der Waals surface area contributed by atoms with Gasteiger partial charge in [0.25, 0.3) is 5.91 Å². The molecular weight excluding hydrogens is 242 g/mol. The quantitative estimate of drug-likeness (QED) is 0.755. The van der Waals surface area contributed by atoms with E-state index in [-0.39, 0.29) is 24.3 Å². The number of aromatic amines is 1. The zero-order valence-electron chi connectivity index (χ0n) is 10.4. The summed E-state index contributed by atoms with van der Waals surface area (Å²) >= 11 is 0. The maximum atomic E-state index is 12.3. The summed E-state index contributed by atoms with van der Waals surface area (Å²) in [5.41, 5.74) is 7.07. The summed E-state index contributed by atoms with van der Waals surface area (Å²) in [6.45, 7) is 0.397. The number of nitrogens with zero attached hydrogens (tertiary/aromatic N) is 1. The fourth-order valence-electron chi connectivity index (χ4n) is 2.40. The second kappa shape index (κ2) is 4.51. The van der Waals surface area contributed by atoms with E-state index >= 15 is 0 Å². The van der Waals surface area contributed by atoms with Gasteiger partial charge in [-0.3, -0.25) is 14.5 Å². The van der Waals surface area contributed by atoms with Crippen LogP contribution in [0.2, 0.25) is 0 Å². The standard InChI is InChI=1S/C14H15N3O2/c15-10-5-6-17(13(18)8-10)14(19)12-7-9-3-1-2-4-11(9)16-12/h1-4,7,10,16H,5-6,8,15H2. The molecule has 3 rings (SSSR count). The van der Waals surface area contributed by atoms with E-state index in [9.17, 15) is 9.59 Å². The minimum atomic E-state index is -0.270. The molecule has 2 heterocycles. The number of nitrogens with two attached hydrogens (primary N) is 1. The lowest BCUT2D eigenvalue weighted by atomic mass is 10.1. The van der Waals surface area contributed by atoms with Gasteiger partial charge in [0, 0.05) is 29.9 Å². The Morgan fingerprint density at radius 1 is 1.37 bits per heavy atom. The topological polar surface area (TPSA) is 79.2 Å². The summed E-state index contributed by atoms with van der Waals surface area (Å²) in [5, 5.41) is 0.965. The van der Waals surface area contributed by atoms with E-state index in [1.54, 1.807) is 6.07 Å². The smallest absolute Gasteiger partial charge is 0.276 e. The van der Waals surface area contributed by atoms with Crippen LogP contribution in [0.4, 0.5) is 0 Å². The largest absolute Gasteiger partial charge is 0.351 e. The molecule has 1 saturated heterocycles. The van der Waals surface area contributed by atoms with Crippen LogP contribution in [0.25, 0.3) is 10.9 Å². The van der Waals surface area contributed by atoms with Gasteiger partial charge in [-0.2, -0.15) is 0 Å². The Kier molecular flexibility index (Phi) is 2.83. The second-order valence-electron chi connectivity index (χ2n) is 4.87. The first kappa shape index (κ1) is 11.9. The molecule has 1 aliphatic rings. The Hall–Kier alpha value is -2.14. The maximum absolute atomic E-state index is 12.3. The molecule has 0 saturated carbocycles. The highest BCUT2D eigenvalue weighted by atomic mass is 16.2. The van der Waals surface area contributed by atoms with Crippen molar-refractivity contribution in [1.29, 1.82) is 0 Å². The Labute approximate surface area is 110 Å². The molecule has 1 unspecified atom stereocenters. The third kappa shape index (κ3) is 2.13. The average Bonchev–Trinajstić information content (AvgIpc) is 2.81. The van der Waals surface area contributed by atoms with Gasteiger partial charge in [-0.25, -0.2) is 0 Å². The molecule has 3 N–H and O–H groups in total. The second-order valence-corrected chi connectivity index (χ2v) is 4.87. The highest BCUT2D eigenvalue weighted by Gasteiger charge is 2.29. The lowest BCUT2D eigenvalue weighted by molar-refractivity contribution is -0.130. The Bertz CT molecular complexity index is 614. The molecule has 1 aromatic heterocycles. The van der Waals surface area contributed by atoms with Gasteiger partial charge >= 0.3 is 0 Å². The van der Waals surface area contributed by atoms with Crippen molar-refractivity contribution in [1.82, 2.24) is 9.88 Å². The molecule has 5 heteroatoms. The summed E-state index contributed by atoms with van der Waals surface area (Å²) in [6.07, 6.45) is 0.906. The van der Waals surface area contributed by atoms with Crippen LogP contribution in [0.5, 0.6) is 0 Å². The molecule has 1 aliphatic heterocycles. The number of rotatable bonds is 1. The van der Waals surface area contributed by atoms with Crippen molar-refractivity contribution in [3.05, 3.63) is 36.0 Å². The molecule has 2 amide bonds. The predicted octanol–water partition coefficient (Wildman–Crippen LogP) is 1.26. The molecule has 19 heavy (non-hydrogen) atoms. The molecular formula is C14H15N3O2. The fraction of sp³-hybridized carbons (Fsp3) is 0.286. The van der Waals surface area contributed by atoms with E-state index in [0.29, 0.717) is 18.7 Å². The Morgan fingerprint density at radius 2 is 2.16 bits per heavy atom. The lowest BCUT2D eigenvalue weighted by Crippen LogP contribution is -2.46. The molecule has 0 radical (unpaired) electrons. The first-order valence-corrected chi connectivity index (χ1v) is 6.33. The first-order valence-electron chi connectivity index (χ1n) is 6.33. The van der Waals surface area contributed by atoms with E-state index in [2.05, 4.69) is 4.98 Å². The SMILES string of the molecule is NC1CCN(C(=O)c2cc3ccccc3[nH]2)C(=O)C1. The van der Waals surface area contributed by atoms with Gasteiger partial charge in [0.1, 0.15) is 5.69 Å². The highest BCUT2D eigenvalue weighted by Crippen LogP contribution is 2.18. The number of carbonyl (C=O) groups excluding carboxylic acids is 2. The number of piperidine rings is 1. The van der Waals surface area contributed by atoms with Crippen LogP contribution in [-0.2, 0) is 4.79 Å². The van der Waals surface area contributed by atoms with Gasteiger partial charge in [-0.05, 0) is 18.6 Å². The van der Waals surface area contributed by atoms with Gasteiger partial charge in [-0.1, -0.05) is 18.2 Å². The number of nitrogens with one attached hydrogen (secondary N) is 1. The van der Waals surface area contributed by atoms with Gasteiger partial charge in [0.15, 0.2) is 0 Å². The summed E-state index contributed by atoms with van der Waals surface area (Å²) in [6, 6.07) is 9.29. The number of aromatic nitrogens is 1. The number of benzene rings is 1. The molecule has 0 aliphatic carbocycles. The molecule has 5 nitrogen and oxygen atoms in total. The van der Waals surface area contributed by atoms with E-state index in [1.165, 1.54) is 4.90 Å². The summed E-state index contributed by atoms with van der Waals surface area (Å²) < 4.78 is 0. The zero-order chi connectivity index (χ0) is 13.4. The van der Waals surface area contributed by atoms with E-state index in [1.807, 2.05) is 24.3 Å². The minimum Gasteiger partial charge on any atom is -0.351 e. The van der Waals surface area contributed by atoms with Crippen molar-refractivity contribution < 1.29 is 9.59 Å². The van der Waals surface area contributed by atoms with Crippen LogP contribution in [0.15, 0.2) is 30.3 Å². The molecule has 0 spiro atoms. The van der Waals surface area contributed by atoms with Gasteiger partial charge < -0.3 is 10.7 Å². The van der Waals surface area contributed by atoms with Crippen LogP contribution >= 0.6 is 0 Å². The van der Waals surface area contributed by atoms with Crippen LogP contribution in [0.3, 0.4) is 0 Å². The summed E-state index contributed by atoms with van der Waals surface area (Å²) in [5.74, 6) is -0.462. The van der Waals surface area contributed by atoms with E-state index in [4.69, 9.17) is 5.73 Å². The van der Waals surface area contributed by atoms with Crippen molar-refractivity contribution in [2.24, 2.45) is 5.73 Å². The maximum Gasteiger partial charge on any atom is 0.276 e. The molecule has 1 aromatic carbocycles. The molecule has 2 aromatic rings. The fourth-order valence-corrected chi connectivity index (χ4v) is 2.40. The van der Waals surface area contributed by atoms with Crippen molar-refractivity contribution in [3.8, 4) is 0 Å².